The molecule has 1 fully saturated rings. The van der Waals surface area contributed by atoms with Gasteiger partial charge in [-0.25, -0.2) is 0 Å². The van der Waals surface area contributed by atoms with Gasteiger partial charge in [0.1, 0.15) is 0 Å². The number of rotatable bonds is 6. The molecule has 0 radical (unpaired) electrons. The summed E-state index contributed by atoms with van der Waals surface area (Å²) < 4.78 is 0. The fourth-order valence-corrected chi connectivity index (χ4v) is 4.10. The Morgan fingerprint density at radius 3 is 2.13 bits per heavy atom. The highest BCUT2D eigenvalue weighted by atomic mass is 16.2. The first kappa shape index (κ1) is 20.8. The first-order valence-electron chi connectivity index (χ1n) is 10.7. The van der Waals surface area contributed by atoms with Crippen LogP contribution in [0.1, 0.15) is 63.2 Å². The van der Waals surface area contributed by atoms with Gasteiger partial charge in [-0.3, -0.25) is 24.1 Å². The van der Waals surface area contributed by atoms with Gasteiger partial charge < -0.3 is 10.2 Å². The molecule has 4 amide bonds. The summed E-state index contributed by atoms with van der Waals surface area (Å²) >= 11 is 0. The maximum Gasteiger partial charge on any atom is 0.261 e. The smallest absolute Gasteiger partial charge is 0.261 e. The number of amides is 4. The lowest BCUT2D eigenvalue weighted by atomic mass is 10.1. The van der Waals surface area contributed by atoms with Crippen molar-refractivity contribution in [2.45, 2.75) is 32.1 Å². The van der Waals surface area contributed by atoms with E-state index in [0.717, 1.165) is 32.4 Å². The molecule has 2 aliphatic rings. The van der Waals surface area contributed by atoms with Gasteiger partial charge in [0.25, 0.3) is 17.7 Å². The molecule has 0 aliphatic carbocycles. The van der Waals surface area contributed by atoms with Crippen molar-refractivity contribution in [1.29, 1.82) is 0 Å². The van der Waals surface area contributed by atoms with Crippen LogP contribution in [0.5, 0.6) is 0 Å². The van der Waals surface area contributed by atoms with Crippen molar-refractivity contribution >= 4 is 29.3 Å². The number of anilines is 1. The maximum atomic E-state index is 12.9. The molecule has 2 aromatic carbocycles. The van der Waals surface area contributed by atoms with Gasteiger partial charge in [-0.1, -0.05) is 24.3 Å². The second kappa shape index (κ2) is 9.12. The van der Waals surface area contributed by atoms with Crippen LogP contribution in [0.2, 0.25) is 0 Å². The quantitative estimate of drug-likeness (QED) is 0.728. The van der Waals surface area contributed by atoms with Crippen LogP contribution in [-0.4, -0.2) is 53.1 Å². The molecule has 4 rings (SSSR count). The van der Waals surface area contributed by atoms with E-state index in [2.05, 4.69) is 5.32 Å². The predicted molar refractivity (Wildman–Crippen MR) is 116 cm³/mol. The number of carbonyl (C=O) groups excluding carboxylic acids is 4. The Bertz CT molecular complexity index is 992. The van der Waals surface area contributed by atoms with E-state index in [4.69, 9.17) is 0 Å². The Hall–Kier alpha value is -3.48. The Morgan fingerprint density at radius 1 is 0.839 bits per heavy atom. The zero-order valence-electron chi connectivity index (χ0n) is 17.3. The average molecular weight is 419 g/mol. The molecule has 0 spiro atoms. The predicted octanol–water partition coefficient (Wildman–Crippen LogP) is 3.33. The van der Waals surface area contributed by atoms with Gasteiger partial charge in [0, 0.05) is 26.1 Å². The molecule has 0 saturated carbocycles. The zero-order chi connectivity index (χ0) is 21.8. The van der Waals surface area contributed by atoms with Gasteiger partial charge in [0.2, 0.25) is 5.91 Å². The van der Waals surface area contributed by atoms with Crippen molar-refractivity contribution in [3.05, 3.63) is 65.2 Å². The maximum absolute atomic E-state index is 12.9. The fraction of sp³-hybridized carbons (Fsp3) is 0.333. The Kier molecular flexibility index (Phi) is 6.11. The summed E-state index contributed by atoms with van der Waals surface area (Å²) in [5, 5.41) is 2.82. The number of nitrogens with zero attached hydrogens (tertiary/aromatic N) is 2. The molecule has 0 atom stereocenters. The molecule has 0 unspecified atom stereocenters. The first-order chi connectivity index (χ1) is 15.1. The minimum Gasteiger partial charge on any atom is -0.339 e. The van der Waals surface area contributed by atoms with E-state index < -0.39 is 0 Å². The number of imide groups is 1. The first-order valence-corrected chi connectivity index (χ1v) is 10.7. The number of carbonyl (C=O) groups is 4. The molecule has 2 aromatic rings. The minimum absolute atomic E-state index is 0.0679. The SMILES string of the molecule is O=C(CCCN1C(=O)c2ccccc2C1=O)Nc1ccccc1C(=O)N1CCCCC1. The van der Waals surface area contributed by atoms with E-state index in [1.54, 1.807) is 48.5 Å². The van der Waals surface area contributed by atoms with Crippen LogP contribution >= 0.6 is 0 Å². The number of nitrogens with one attached hydrogen (secondary N) is 1. The number of hydrogen-bond donors (Lipinski definition) is 1. The van der Waals surface area contributed by atoms with Crippen LogP contribution in [0.4, 0.5) is 5.69 Å². The lowest BCUT2D eigenvalue weighted by molar-refractivity contribution is -0.116. The summed E-state index contributed by atoms with van der Waals surface area (Å²) in [6.45, 7) is 1.65. The Morgan fingerprint density at radius 2 is 1.45 bits per heavy atom. The molecular formula is C24H25N3O4. The summed E-state index contributed by atoms with van der Waals surface area (Å²) in [7, 11) is 0. The number of piperidine rings is 1. The van der Waals surface area contributed by atoms with Crippen LogP contribution < -0.4 is 5.32 Å². The van der Waals surface area contributed by atoms with Crippen LogP contribution in [0, 0.1) is 0 Å². The average Bonchev–Trinajstić information content (AvgIpc) is 3.04. The minimum atomic E-state index is -0.321. The molecule has 0 aromatic heterocycles. The van der Waals surface area contributed by atoms with Crippen molar-refractivity contribution in [1.82, 2.24) is 9.80 Å². The number of para-hydroxylation sites is 1. The van der Waals surface area contributed by atoms with E-state index in [9.17, 15) is 19.2 Å². The van der Waals surface area contributed by atoms with Crippen molar-refractivity contribution in [3.8, 4) is 0 Å². The molecule has 31 heavy (non-hydrogen) atoms. The third-order valence-electron chi connectivity index (χ3n) is 5.74. The summed E-state index contributed by atoms with van der Waals surface area (Å²) in [6, 6.07) is 13.7. The normalized spacial score (nSPS) is 15.7. The summed E-state index contributed by atoms with van der Waals surface area (Å²) in [6.07, 6.45) is 3.62. The van der Waals surface area contributed by atoms with E-state index in [-0.39, 0.29) is 36.6 Å². The molecule has 7 nitrogen and oxygen atoms in total. The molecule has 7 heteroatoms. The van der Waals surface area contributed by atoms with Crippen molar-refractivity contribution in [3.63, 3.8) is 0 Å². The molecule has 2 aliphatic heterocycles. The lowest BCUT2D eigenvalue weighted by Gasteiger charge is -2.27. The van der Waals surface area contributed by atoms with Gasteiger partial charge in [-0.05, 0) is 49.9 Å². The van der Waals surface area contributed by atoms with E-state index in [0.29, 0.717) is 28.8 Å². The summed E-state index contributed by atoms with van der Waals surface area (Å²) in [5.41, 5.74) is 1.78. The van der Waals surface area contributed by atoms with Gasteiger partial charge in [-0.15, -0.1) is 0 Å². The lowest BCUT2D eigenvalue weighted by Crippen LogP contribution is -2.36. The summed E-state index contributed by atoms with van der Waals surface area (Å²) in [4.78, 5) is 53.2. The van der Waals surface area contributed by atoms with Crippen molar-refractivity contribution < 1.29 is 19.2 Å². The molecule has 1 N–H and O–H groups in total. The number of likely N-dealkylation sites (tertiary alicyclic amines) is 1. The Balaban J connectivity index is 1.33. The van der Waals surface area contributed by atoms with E-state index in [1.165, 1.54) is 4.90 Å². The second-order valence-corrected chi connectivity index (χ2v) is 7.86. The molecule has 1 saturated heterocycles. The molecule has 0 bridgehead atoms. The molecule has 160 valence electrons. The third kappa shape index (κ3) is 4.35. The van der Waals surface area contributed by atoms with Gasteiger partial charge in [0.05, 0.1) is 22.4 Å². The van der Waals surface area contributed by atoms with Crippen molar-refractivity contribution in [2.75, 3.05) is 25.0 Å². The van der Waals surface area contributed by atoms with Gasteiger partial charge in [0.15, 0.2) is 0 Å². The highest BCUT2D eigenvalue weighted by molar-refractivity contribution is 6.21. The standard InChI is InChI=1S/C24H25N3O4/c28-21(13-8-16-27-23(30)17-9-2-3-10-18(17)24(27)31)25-20-12-5-4-11-19(20)22(29)26-14-6-1-7-15-26/h2-5,9-12H,1,6-8,13-16H2,(H,25,28). The number of fused-ring (bicyclic) bond motifs is 1. The van der Waals surface area contributed by atoms with Crippen LogP contribution in [-0.2, 0) is 4.79 Å². The van der Waals surface area contributed by atoms with Crippen LogP contribution in [0.3, 0.4) is 0 Å². The highest BCUT2D eigenvalue weighted by Crippen LogP contribution is 2.23. The van der Waals surface area contributed by atoms with Gasteiger partial charge >= 0.3 is 0 Å². The van der Waals surface area contributed by atoms with Gasteiger partial charge in [-0.2, -0.15) is 0 Å². The van der Waals surface area contributed by atoms with Crippen LogP contribution in [0.15, 0.2) is 48.5 Å². The Labute approximate surface area is 181 Å². The topological polar surface area (TPSA) is 86.8 Å². The third-order valence-corrected chi connectivity index (χ3v) is 5.74. The molecular weight excluding hydrogens is 394 g/mol. The number of hydrogen-bond acceptors (Lipinski definition) is 4. The largest absolute Gasteiger partial charge is 0.339 e. The summed E-state index contributed by atoms with van der Waals surface area (Å²) in [5.74, 6) is -0.964. The monoisotopic (exact) mass is 419 g/mol. The second-order valence-electron chi connectivity index (χ2n) is 7.86. The highest BCUT2D eigenvalue weighted by Gasteiger charge is 2.34. The number of benzene rings is 2. The van der Waals surface area contributed by atoms with Crippen LogP contribution in [0.25, 0.3) is 0 Å². The van der Waals surface area contributed by atoms with Crippen molar-refractivity contribution in [2.24, 2.45) is 0 Å². The van der Waals surface area contributed by atoms with E-state index in [1.807, 2.05) is 4.90 Å². The fourth-order valence-electron chi connectivity index (χ4n) is 4.10. The van der Waals surface area contributed by atoms with E-state index >= 15 is 0 Å². The zero-order valence-corrected chi connectivity index (χ0v) is 17.3. The molecule has 2 heterocycles.